The highest BCUT2D eigenvalue weighted by Gasteiger charge is 2.46. The third-order valence-corrected chi connectivity index (χ3v) is 6.76. The van der Waals surface area contributed by atoms with Gasteiger partial charge in [-0.15, -0.1) is 0 Å². The van der Waals surface area contributed by atoms with Gasteiger partial charge in [-0.1, -0.05) is 36.8 Å². The van der Waals surface area contributed by atoms with E-state index in [9.17, 15) is 9.59 Å². The van der Waals surface area contributed by atoms with Gasteiger partial charge in [-0.25, -0.2) is 9.48 Å². The Hall–Kier alpha value is -2.37. The fraction of sp³-hybridized carbons (Fsp3) is 0.591. The van der Waals surface area contributed by atoms with Crippen molar-refractivity contribution in [3.05, 3.63) is 51.7 Å². The Bertz CT molecular complexity index is 961. The van der Waals surface area contributed by atoms with Gasteiger partial charge in [-0.2, -0.15) is 5.10 Å². The molecule has 0 radical (unpaired) electrons. The molecule has 1 aromatic heterocycles. The molecule has 2 aromatic rings. The lowest BCUT2D eigenvalue weighted by molar-refractivity contribution is -0.141. The number of aromatic nitrogens is 3. The van der Waals surface area contributed by atoms with Crippen molar-refractivity contribution in [2.24, 2.45) is 5.92 Å². The van der Waals surface area contributed by atoms with Crippen molar-refractivity contribution < 1.29 is 4.79 Å². The lowest BCUT2D eigenvalue weighted by Crippen LogP contribution is -2.52. The highest BCUT2D eigenvalue weighted by Crippen LogP contribution is 2.49. The number of hydrogen-bond acceptors (Lipinski definition) is 3. The van der Waals surface area contributed by atoms with Gasteiger partial charge in [-0.05, 0) is 44.1 Å². The molecule has 28 heavy (non-hydrogen) atoms. The van der Waals surface area contributed by atoms with Gasteiger partial charge in [0.2, 0.25) is 5.91 Å². The van der Waals surface area contributed by atoms with Crippen LogP contribution < -0.4 is 5.69 Å². The summed E-state index contributed by atoms with van der Waals surface area (Å²) in [5.74, 6) is 1.44. The molecule has 1 unspecified atom stereocenters. The van der Waals surface area contributed by atoms with E-state index in [1.165, 1.54) is 11.1 Å². The highest BCUT2D eigenvalue weighted by atomic mass is 16.2. The zero-order chi connectivity index (χ0) is 19.5. The first-order valence-corrected chi connectivity index (χ1v) is 10.5. The molecule has 2 fully saturated rings. The van der Waals surface area contributed by atoms with E-state index in [0.717, 1.165) is 51.0 Å². The number of carbonyl (C=O) groups excluding carboxylic acids is 1. The van der Waals surface area contributed by atoms with Crippen LogP contribution in [0.1, 0.15) is 55.6 Å². The summed E-state index contributed by atoms with van der Waals surface area (Å²) < 4.78 is 3.33. The first-order chi connectivity index (χ1) is 13.5. The lowest BCUT2D eigenvalue weighted by atomic mass is 9.95. The van der Waals surface area contributed by atoms with Gasteiger partial charge in [0, 0.05) is 24.9 Å². The normalized spacial score (nSPS) is 23.2. The van der Waals surface area contributed by atoms with Gasteiger partial charge < -0.3 is 4.90 Å². The molecule has 0 N–H and O–H groups in total. The molecule has 6 heteroatoms. The molecular weight excluding hydrogens is 352 g/mol. The third kappa shape index (κ3) is 2.81. The van der Waals surface area contributed by atoms with Crippen LogP contribution in [-0.4, -0.2) is 38.2 Å². The number of aryl methyl sites for hydroxylation is 2. The zero-order valence-corrected chi connectivity index (χ0v) is 16.7. The second kappa shape index (κ2) is 6.33. The number of nitrogens with zero attached hydrogens (tertiary/aromatic N) is 4. The van der Waals surface area contributed by atoms with Gasteiger partial charge in [0.05, 0.1) is 6.54 Å². The van der Waals surface area contributed by atoms with Crippen molar-refractivity contribution >= 4 is 5.91 Å². The molecule has 3 aliphatic rings. The quantitative estimate of drug-likeness (QED) is 0.819. The van der Waals surface area contributed by atoms with E-state index < -0.39 is 0 Å². The largest absolute Gasteiger partial charge is 0.346 e. The van der Waals surface area contributed by atoms with Crippen molar-refractivity contribution in [3.8, 4) is 0 Å². The molecular formula is C22H28N4O2. The van der Waals surface area contributed by atoms with E-state index in [-0.39, 0.29) is 23.1 Å². The minimum absolute atomic E-state index is 0.0223. The Balaban J connectivity index is 1.43. The van der Waals surface area contributed by atoms with Gasteiger partial charge in [0.15, 0.2) is 0 Å². The number of rotatable bonds is 4. The molecule has 1 atom stereocenters. The molecule has 2 aliphatic heterocycles. The van der Waals surface area contributed by atoms with E-state index in [2.05, 4.69) is 43.2 Å². The van der Waals surface area contributed by atoms with Crippen molar-refractivity contribution in [2.75, 3.05) is 13.1 Å². The van der Waals surface area contributed by atoms with Crippen molar-refractivity contribution in [2.45, 2.75) is 64.0 Å². The number of hydrogen-bond donors (Lipinski definition) is 0. The Kier molecular flexibility index (Phi) is 4.00. The maximum Gasteiger partial charge on any atom is 0.346 e. The molecule has 148 valence electrons. The van der Waals surface area contributed by atoms with Crippen LogP contribution in [0.5, 0.6) is 0 Å². The van der Waals surface area contributed by atoms with E-state index >= 15 is 0 Å². The van der Waals surface area contributed by atoms with E-state index in [1.54, 1.807) is 9.25 Å². The number of benzene rings is 1. The van der Waals surface area contributed by atoms with Crippen LogP contribution in [0.2, 0.25) is 0 Å². The SMILES string of the molecule is Cc1ccc(C2(Cn3nc4n(c3=O)C(C(=O)N3CC(C)C3)CCC4)CC2)cc1. The molecule has 6 nitrogen and oxygen atoms in total. The summed E-state index contributed by atoms with van der Waals surface area (Å²) in [7, 11) is 0. The fourth-order valence-corrected chi connectivity index (χ4v) is 4.84. The summed E-state index contributed by atoms with van der Waals surface area (Å²) in [4.78, 5) is 28.0. The smallest absolute Gasteiger partial charge is 0.340 e. The van der Waals surface area contributed by atoms with Gasteiger partial charge in [0.25, 0.3) is 0 Å². The average molecular weight is 380 g/mol. The van der Waals surface area contributed by atoms with Crippen LogP contribution in [-0.2, 0) is 23.2 Å². The molecule has 1 saturated heterocycles. The van der Waals surface area contributed by atoms with Crippen molar-refractivity contribution in [3.63, 3.8) is 0 Å². The predicted molar refractivity (Wildman–Crippen MR) is 106 cm³/mol. The van der Waals surface area contributed by atoms with Gasteiger partial charge >= 0.3 is 5.69 Å². The van der Waals surface area contributed by atoms with Crippen molar-refractivity contribution in [1.29, 1.82) is 0 Å². The summed E-state index contributed by atoms with van der Waals surface area (Å²) in [6, 6.07) is 8.27. The number of carbonyl (C=O) groups is 1. The standard InChI is InChI=1S/C22H28N4O2/c1-15-6-8-17(9-7-15)22(10-11-22)14-25-21(28)26-18(4-3-5-19(26)23-25)20(27)24-12-16(2)13-24/h6-9,16,18H,3-5,10-14H2,1-2H3. The summed E-state index contributed by atoms with van der Waals surface area (Å²) in [6.45, 7) is 6.47. The first-order valence-electron chi connectivity index (χ1n) is 10.5. The van der Waals surface area contributed by atoms with Crippen LogP contribution in [0.15, 0.2) is 29.1 Å². The third-order valence-electron chi connectivity index (χ3n) is 6.76. The summed E-state index contributed by atoms with van der Waals surface area (Å²) >= 11 is 0. The Morgan fingerprint density at radius 1 is 1.21 bits per heavy atom. The fourth-order valence-electron chi connectivity index (χ4n) is 4.84. The second-order valence-corrected chi connectivity index (χ2v) is 9.13. The monoisotopic (exact) mass is 380 g/mol. The van der Waals surface area contributed by atoms with Crippen LogP contribution >= 0.6 is 0 Å². The molecule has 0 bridgehead atoms. The molecule has 1 aromatic carbocycles. The number of amides is 1. The Morgan fingerprint density at radius 2 is 1.93 bits per heavy atom. The number of fused-ring (bicyclic) bond motifs is 1. The molecule has 5 rings (SSSR count). The average Bonchev–Trinajstić information content (AvgIpc) is 3.38. The van der Waals surface area contributed by atoms with Gasteiger partial charge in [0.1, 0.15) is 11.9 Å². The number of likely N-dealkylation sites (tertiary alicyclic amines) is 1. The van der Waals surface area contributed by atoms with Gasteiger partial charge in [-0.3, -0.25) is 9.36 Å². The lowest BCUT2D eigenvalue weighted by Gasteiger charge is -2.40. The predicted octanol–water partition coefficient (Wildman–Crippen LogP) is 2.44. The molecule has 1 amide bonds. The maximum absolute atomic E-state index is 13.2. The second-order valence-electron chi connectivity index (χ2n) is 9.13. The first kappa shape index (κ1) is 17.7. The van der Waals surface area contributed by atoms with Crippen LogP contribution in [0, 0.1) is 12.8 Å². The van der Waals surface area contributed by atoms with E-state index in [4.69, 9.17) is 0 Å². The van der Waals surface area contributed by atoms with E-state index in [1.807, 2.05) is 4.90 Å². The highest BCUT2D eigenvalue weighted by molar-refractivity contribution is 5.81. The zero-order valence-electron chi connectivity index (χ0n) is 16.7. The Morgan fingerprint density at radius 3 is 2.57 bits per heavy atom. The van der Waals surface area contributed by atoms with Crippen LogP contribution in [0.25, 0.3) is 0 Å². The Labute approximate surface area is 165 Å². The molecule has 1 saturated carbocycles. The minimum atomic E-state index is -0.368. The van der Waals surface area contributed by atoms with E-state index in [0.29, 0.717) is 12.5 Å². The topological polar surface area (TPSA) is 60.1 Å². The molecule has 3 heterocycles. The van der Waals surface area contributed by atoms with Crippen LogP contribution in [0.4, 0.5) is 0 Å². The van der Waals surface area contributed by atoms with Crippen molar-refractivity contribution in [1.82, 2.24) is 19.2 Å². The summed E-state index contributed by atoms with van der Waals surface area (Å²) in [6.07, 6.45) is 4.60. The summed E-state index contributed by atoms with van der Waals surface area (Å²) in [5.41, 5.74) is 2.45. The maximum atomic E-state index is 13.2. The molecule has 0 spiro atoms. The molecule has 1 aliphatic carbocycles. The summed E-state index contributed by atoms with van der Waals surface area (Å²) in [5, 5.41) is 4.67. The van der Waals surface area contributed by atoms with Crippen LogP contribution in [0.3, 0.4) is 0 Å². The minimum Gasteiger partial charge on any atom is -0.340 e.